The number of fused-ring (bicyclic) bond motifs is 8. The van der Waals surface area contributed by atoms with Gasteiger partial charge < -0.3 is 18.2 Å². The summed E-state index contributed by atoms with van der Waals surface area (Å²) in [4.78, 5) is 7.07. The molecule has 0 amide bonds. The monoisotopic (exact) mass is 668 g/mol. The molecule has 11 aromatic rings. The van der Waals surface area contributed by atoms with E-state index in [1.54, 1.807) is 0 Å². The molecule has 3 heterocycles. The largest absolute Gasteiger partial charge is 0.456 e. The average molecular weight is 669 g/mol. The van der Waals surface area contributed by atoms with Crippen LogP contribution >= 0.6 is 0 Å². The van der Waals surface area contributed by atoms with E-state index in [0.717, 1.165) is 88.7 Å². The molecule has 0 saturated carbocycles. The molecule has 5 heteroatoms. The lowest BCUT2D eigenvalue weighted by Gasteiger charge is -2.25. The quantitative estimate of drug-likeness (QED) is 0.183. The minimum absolute atomic E-state index is 0.577. The van der Waals surface area contributed by atoms with Gasteiger partial charge in [0.15, 0.2) is 5.58 Å². The summed E-state index contributed by atoms with van der Waals surface area (Å²) >= 11 is 0. The SMILES string of the molecule is c1ccc(N(c2ccc3c(c2)oc2cccc(-c4nc5ccccc5o4)c23)c2ccc3oc4cccc(-c5ccc6ccccc6c5)c4c3c2)cc1. The lowest BCUT2D eigenvalue weighted by atomic mass is 9.97. The lowest BCUT2D eigenvalue weighted by molar-refractivity contribution is 0.620. The van der Waals surface area contributed by atoms with Crippen LogP contribution in [0.3, 0.4) is 0 Å². The fourth-order valence-electron chi connectivity index (χ4n) is 7.69. The third-order valence-electron chi connectivity index (χ3n) is 10.1. The van der Waals surface area contributed by atoms with Crippen molar-refractivity contribution in [3.05, 3.63) is 170 Å². The number of hydrogen-bond donors (Lipinski definition) is 0. The normalized spacial score (nSPS) is 11.8. The van der Waals surface area contributed by atoms with E-state index in [0.29, 0.717) is 5.89 Å². The topological polar surface area (TPSA) is 55.6 Å². The highest BCUT2D eigenvalue weighted by molar-refractivity contribution is 6.15. The number of nitrogens with zero attached hydrogens (tertiary/aromatic N) is 2. The molecule has 0 atom stereocenters. The van der Waals surface area contributed by atoms with Crippen LogP contribution in [-0.4, -0.2) is 4.98 Å². The molecule has 0 fully saturated rings. The summed E-state index contributed by atoms with van der Waals surface area (Å²) in [7, 11) is 0. The minimum Gasteiger partial charge on any atom is -0.456 e. The maximum absolute atomic E-state index is 6.55. The van der Waals surface area contributed by atoms with E-state index in [4.69, 9.17) is 18.2 Å². The highest BCUT2D eigenvalue weighted by Crippen LogP contribution is 2.44. The third kappa shape index (κ3) is 4.46. The zero-order chi connectivity index (χ0) is 34.2. The van der Waals surface area contributed by atoms with E-state index >= 15 is 0 Å². The number of anilines is 3. The van der Waals surface area contributed by atoms with E-state index in [2.05, 4.69) is 126 Å². The van der Waals surface area contributed by atoms with Gasteiger partial charge in [-0.2, -0.15) is 0 Å². The molecule has 0 radical (unpaired) electrons. The molecule has 5 nitrogen and oxygen atoms in total. The number of para-hydroxylation sites is 3. The molecular formula is C47H28N2O3. The van der Waals surface area contributed by atoms with Crippen molar-refractivity contribution in [2.45, 2.75) is 0 Å². The van der Waals surface area contributed by atoms with Crippen LogP contribution in [0.2, 0.25) is 0 Å². The van der Waals surface area contributed by atoms with Gasteiger partial charge in [-0.3, -0.25) is 0 Å². The summed E-state index contributed by atoms with van der Waals surface area (Å²) in [6.45, 7) is 0. The van der Waals surface area contributed by atoms with Crippen LogP contribution in [0.25, 0.3) is 88.3 Å². The lowest BCUT2D eigenvalue weighted by Crippen LogP contribution is -2.09. The summed E-state index contributed by atoms with van der Waals surface area (Å²) in [5, 5.41) is 6.57. The maximum atomic E-state index is 6.55. The van der Waals surface area contributed by atoms with Crippen LogP contribution in [0, 0.1) is 0 Å². The summed E-state index contributed by atoms with van der Waals surface area (Å²) in [6, 6.07) is 58.6. The van der Waals surface area contributed by atoms with Gasteiger partial charge in [0.05, 0.1) is 0 Å². The number of aromatic nitrogens is 1. The fourth-order valence-corrected chi connectivity index (χ4v) is 7.69. The van der Waals surface area contributed by atoms with Gasteiger partial charge in [-0.25, -0.2) is 4.98 Å². The number of hydrogen-bond acceptors (Lipinski definition) is 5. The van der Waals surface area contributed by atoms with Gasteiger partial charge in [-0.15, -0.1) is 0 Å². The number of benzene rings is 8. The van der Waals surface area contributed by atoms with E-state index in [9.17, 15) is 0 Å². The van der Waals surface area contributed by atoms with E-state index in [-0.39, 0.29) is 0 Å². The van der Waals surface area contributed by atoms with Gasteiger partial charge in [0.25, 0.3) is 0 Å². The number of furan rings is 2. The molecule has 0 N–H and O–H groups in total. The van der Waals surface area contributed by atoms with Crippen molar-refractivity contribution < 1.29 is 13.3 Å². The van der Waals surface area contributed by atoms with E-state index < -0.39 is 0 Å². The van der Waals surface area contributed by atoms with E-state index in [1.807, 2.05) is 48.5 Å². The minimum atomic E-state index is 0.577. The predicted molar refractivity (Wildman–Crippen MR) is 212 cm³/mol. The molecule has 3 aromatic heterocycles. The first-order valence-corrected chi connectivity index (χ1v) is 17.4. The summed E-state index contributed by atoms with van der Waals surface area (Å²) < 4.78 is 19.2. The molecule has 0 aliphatic carbocycles. The van der Waals surface area contributed by atoms with E-state index in [1.165, 1.54) is 10.8 Å². The van der Waals surface area contributed by atoms with Crippen LogP contribution in [0.1, 0.15) is 0 Å². The van der Waals surface area contributed by atoms with Gasteiger partial charge in [0.1, 0.15) is 27.8 Å². The molecule has 52 heavy (non-hydrogen) atoms. The number of oxazole rings is 1. The van der Waals surface area contributed by atoms with Gasteiger partial charge >= 0.3 is 0 Å². The Hall–Kier alpha value is -7.11. The predicted octanol–water partition coefficient (Wildman–Crippen LogP) is 13.6. The standard InChI is InChI=1S/C47H28N2O3/c1-2-12-32(13-3-1)49(34-22-24-36-44(28-34)51-43-19-9-15-37(46(36)43)47-48-39-16-6-7-17-41(39)52-47)33-23-25-40-38(27-33)45-35(14-8-18-42(45)50-40)31-21-20-29-10-4-5-11-30(29)26-31/h1-28H. The van der Waals surface area contributed by atoms with Gasteiger partial charge in [-0.1, -0.05) is 84.9 Å². The molecule has 0 spiro atoms. The Balaban J connectivity index is 1.08. The van der Waals surface area contributed by atoms with Crippen LogP contribution < -0.4 is 4.90 Å². The second-order valence-corrected chi connectivity index (χ2v) is 13.1. The maximum Gasteiger partial charge on any atom is 0.228 e. The van der Waals surface area contributed by atoms with Crippen molar-refractivity contribution in [2.24, 2.45) is 0 Å². The second kappa shape index (κ2) is 11.2. The molecule has 0 saturated heterocycles. The molecular weight excluding hydrogens is 641 g/mol. The summed E-state index contributed by atoms with van der Waals surface area (Å²) in [5.74, 6) is 0.577. The second-order valence-electron chi connectivity index (χ2n) is 13.1. The Morgan fingerprint density at radius 3 is 1.94 bits per heavy atom. The Kier molecular flexibility index (Phi) is 6.18. The first kappa shape index (κ1) is 28.7. The molecule has 0 aliphatic heterocycles. The molecule has 0 unspecified atom stereocenters. The van der Waals surface area contributed by atoms with Crippen molar-refractivity contribution in [2.75, 3.05) is 4.90 Å². The van der Waals surface area contributed by atoms with Crippen molar-refractivity contribution in [1.82, 2.24) is 4.98 Å². The summed E-state index contributed by atoms with van der Waals surface area (Å²) in [5.41, 5.74) is 11.1. The average Bonchev–Trinajstić information content (AvgIpc) is 3.91. The zero-order valence-electron chi connectivity index (χ0n) is 27.8. The van der Waals surface area contributed by atoms with Crippen molar-refractivity contribution in [3.8, 4) is 22.6 Å². The van der Waals surface area contributed by atoms with Crippen molar-refractivity contribution >= 4 is 82.8 Å². The Morgan fingerprint density at radius 1 is 0.385 bits per heavy atom. The van der Waals surface area contributed by atoms with Gasteiger partial charge in [-0.05, 0) is 101 Å². The first-order valence-electron chi connectivity index (χ1n) is 17.4. The van der Waals surface area contributed by atoms with Gasteiger partial charge in [0, 0.05) is 50.2 Å². The molecule has 11 rings (SSSR count). The molecule has 244 valence electrons. The van der Waals surface area contributed by atoms with Crippen LogP contribution in [0.5, 0.6) is 0 Å². The Morgan fingerprint density at radius 2 is 1.08 bits per heavy atom. The van der Waals surface area contributed by atoms with Crippen LogP contribution in [-0.2, 0) is 0 Å². The van der Waals surface area contributed by atoms with Crippen LogP contribution in [0.4, 0.5) is 17.1 Å². The highest BCUT2D eigenvalue weighted by atomic mass is 16.4. The van der Waals surface area contributed by atoms with Crippen molar-refractivity contribution in [3.63, 3.8) is 0 Å². The third-order valence-corrected chi connectivity index (χ3v) is 10.1. The highest BCUT2D eigenvalue weighted by Gasteiger charge is 2.21. The Labute approximate surface area is 297 Å². The zero-order valence-corrected chi connectivity index (χ0v) is 27.8. The summed E-state index contributed by atoms with van der Waals surface area (Å²) in [6.07, 6.45) is 0. The van der Waals surface area contributed by atoms with Gasteiger partial charge in [0.2, 0.25) is 5.89 Å². The Bertz CT molecular complexity index is 3120. The fraction of sp³-hybridized carbons (Fsp3) is 0. The van der Waals surface area contributed by atoms with Crippen LogP contribution in [0.15, 0.2) is 183 Å². The number of rotatable bonds is 5. The molecule has 0 bridgehead atoms. The molecule has 0 aliphatic rings. The first-order chi connectivity index (χ1) is 25.7. The molecule has 8 aromatic carbocycles. The smallest absolute Gasteiger partial charge is 0.228 e. The van der Waals surface area contributed by atoms with Crippen molar-refractivity contribution in [1.29, 1.82) is 0 Å².